The highest BCUT2D eigenvalue weighted by Gasteiger charge is 2.28. The van der Waals surface area contributed by atoms with Gasteiger partial charge in [-0.15, -0.1) is 0 Å². The fraction of sp³-hybridized carbons (Fsp3) is 0.364. The van der Waals surface area contributed by atoms with E-state index in [-0.39, 0.29) is 22.3 Å². The van der Waals surface area contributed by atoms with Crippen LogP contribution in [0.15, 0.2) is 23.1 Å². The van der Waals surface area contributed by atoms with Gasteiger partial charge in [0.2, 0.25) is 0 Å². The van der Waals surface area contributed by atoms with Crippen molar-refractivity contribution in [2.45, 2.75) is 29.4 Å². The summed E-state index contributed by atoms with van der Waals surface area (Å²) in [6, 6.07) is 3.20. The summed E-state index contributed by atoms with van der Waals surface area (Å²) in [4.78, 5) is 11.3. The number of hydrogen-bond acceptors (Lipinski definition) is 2. The first-order valence-corrected chi connectivity index (χ1v) is 6.16. The molecule has 2 nitrogen and oxygen atoms in total. The van der Waals surface area contributed by atoms with Crippen molar-refractivity contribution in [1.29, 1.82) is 0 Å². The number of benzene rings is 1. The molecule has 0 aliphatic heterocycles. The van der Waals surface area contributed by atoms with Crippen LogP contribution in [0.4, 0.5) is 8.78 Å². The molecule has 16 heavy (non-hydrogen) atoms. The van der Waals surface area contributed by atoms with E-state index in [0.717, 1.165) is 12.1 Å². The van der Waals surface area contributed by atoms with Gasteiger partial charge in [0.15, 0.2) is 11.6 Å². The van der Waals surface area contributed by atoms with Gasteiger partial charge in [-0.3, -0.25) is 9.00 Å². The Morgan fingerprint density at radius 3 is 2.56 bits per heavy atom. The summed E-state index contributed by atoms with van der Waals surface area (Å²) >= 11 is 0. The lowest BCUT2D eigenvalue weighted by Gasteiger charge is -2.08. The second-order valence-electron chi connectivity index (χ2n) is 3.78. The van der Waals surface area contributed by atoms with Gasteiger partial charge in [-0.25, -0.2) is 8.78 Å². The number of hydrogen-bond donors (Lipinski definition) is 0. The molecule has 1 fully saturated rings. The summed E-state index contributed by atoms with van der Waals surface area (Å²) in [6.45, 7) is 0. The van der Waals surface area contributed by atoms with Crippen molar-refractivity contribution >= 4 is 16.6 Å². The van der Waals surface area contributed by atoms with Crippen molar-refractivity contribution in [3.63, 3.8) is 0 Å². The second-order valence-corrected chi connectivity index (χ2v) is 5.51. The standard InChI is InChI=1S/C11H10F2O2S/c12-10-4-3-9(6-11(10)13)16(15)8-2-1-7(14)5-8/h3-4,6,8H,1-2,5H2. The summed E-state index contributed by atoms with van der Waals surface area (Å²) < 4.78 is 37.5. The van der Waals surface area contributed by atoms with Gasteiger partial charge in [-0.1, -0.05) is 0 Å². The van der Waals surface area contributed by atoms with Crippen molar-refractivity contribution in [3.8, 4) is 0 Å². The van der Waals surface area contributed by atoms with E-state index in [4.69, 9.17) is 0 Å². The predicted octanol–water partition coefficient (Wildman–Crippen LogP) is 2.19. The van der Waals surface area contributed by atoms with Crippen LogP contribution in [0.1, 0.15) is 19.3 Å². The third-order valence-electron chi connectivity index (χ3n) is 2.63. The van der Waals surface area contributed by atoms with E-state index >= 15 is 0 Å². The number of halogens is 2. The molecule has 0 bridgehead atoms. The van der Waals surface area contributed by atoms with Crippen LogP contribution in [0, 0.1) is 11.6 Å². The summed E-state index contributed by atoms with van der Waals surface area (Å²) in [5.74, 6) is -1.88. The van der Waals surface area contributed by atoms with Crippen LogP contribution in [0.5, 0.6) is 0 Å². The Balaban J connectivity index is 2.21. The highest BCUT2D eigenvalue weighted by Crippen LogP contribution is 2.25. The smallest absolute Gasteiger partial charge is 0.160 e. The zero-order valence-corrected chi connectivity index (χ0v) is 9.23. The Kier molecular flexibility index (Phi) is 3.14. The predicted molar refractivity (Wildman–Crippen MR) is 55.4 cm³/mol. The number of Topliss-reactive ketones (excluding diaryl/α,β-unsaturated/α-hetero) is 1. The van der Waals surface area contributed by atoms with Crippen molar-refractivity contribution < 1.29 is 17.8 Å². The molecule has 2 unspecified atom stereocenters. The van der Waals surface area contributed by atoms with Crippen molar-refractivity contribution in [3.05, 3.63) is 29.8 Å². The van der Waals surface area contributed by atoms with Gasteiger partial charge in [0.05, 0.1) is 10.8 Å². The fourth-order valence-electron chi connectivity index (χ4n) is 1.76. The minimum Gasteiger partial charge on any atom is -0.300 e. The molecule has 0 N–H and O–H groups in total. The van der Waals surface area contributed by atoms with Gasteiger partial charge in [0.25, 0.3) is 0 Å². The largest absolute Gasteiger partial charge is 0.300 e. The number of rotatable bonds is 2. The van der Waals surface area contributed by atoms with Gasteiger partial charge < -0.3 is 0 Å². The average molecular weight is 244 g/mol. The first kappa shape index (κ1) is 11.4. The average Bonchev–Trinajstić information content (AvgIpc) is 2.68. The van der Waals surface area contributed by atoms with Gasteiger partial charge >= 0.3 is 0 Å². The van der Waals surface area contributed by atoms with Crippen molar-refractivity contribution in [2.75, 3.05) is 0 Å². The quantitative estimate of drug-likeness (QED) is 0.799. The lowest BCUT2D eigenvalue weighted by Crippen LogP contribution is -2.11. The molecule has 0 spiro atoms. The first-order chi connectivity index (χ1) is 7.58. The molecule has 0 heterocycles. The maximum Gasteiger partial charge on any atom is 0.160 e. The fourth-order valence-corrected chi connectivity index (χ4v) is 3.23. The third-order valence-corrected chi connectivity index (χ3v) is 4.35. The number of carbonyl (C=O) groups excluding carboxylic acids is 1. The topological polar surface area (TPSA) is 34.1 Å². The molecular formula is C11H10F2O2S. The molecule has 1 aromatic carbocycles. The van der Waals surface area contributed by atoms with E-state index in [2.05, 4.69) is 0 Å². The Hall–Kier alpha value is -1.10. The van der Waals surface area contributed by atoms with E-state index in [1.807, 2.05) is 0 Å². The van der Waals surface area contributed by atoms with Crippen LogP contribution in [0.2, 0.25) is 0 Å². The lowest BCUT2D eigenvalue weighted by molar-refractivity contribution is -0.117. The molecule has 86 valence electrons. The Morgan fingerprint density at radius 1 is 1.25 bits per heavy atom. The van der Waals surface area contributed by atoms with E-state index in [9.17, 15) is 17.8 Å². The van der Waals surface area contributed by atoms with Crippen LogP contribution in [-0.4, -0.2) is 15.2 Å². The molecule has 5 heteroatoms. The van der Waals surface area contributed by atoms with Crippen molar-refractivity contribution in [2.24, 2.45) is 0 Å². The third kappa shape index (κ3) is 2.19. The minimum atomic E-state index is -1.43. The van der Waals surface area contributed by atoms with Gasteiger partial charge in [0, 0.05) is 23.0 Å². The van der Waals surface area contributed by atoms with E-state index in [0.29, 0.717) is 12.8 Å². The molecule has 1 aliphatic rings. The molecule has 0 aromatic heterocycles. The summed E-state index contributed by atoms with van der Waals surface area (Å²) in [6.07, 6.45) is 1.26. The van der Waals surface area contributed by atoms with E-state index in [1.54, 1.807) is 0 Å². The monoisotopic (exact) mass is 244 g/mol. The molecular weight excluding hydrogens is 234 g/mol. The molecule has 2 atom stereocenters. The van der Waals surface area contributed by atoms with Crippen LogP contribution >= 0.6 is 0 Å². The normalized spacial score (nSPS) is 22.4. The first-order valence-electron chi connectivity index (χ1n) is 4.95. The van der Waals surface area contributed by atoms with Gasteiger partial charge in [-0.2, -0.15) is 0 Å². The van der Waals surface area contributed by atoms with E-state index < -0.39 is 22.4 Å². The SMILES string of the molecule is O=C1CCC(S(=O)c2ccc(F)c(F)c2)C1. The maximum absolute atomic E-state index is 12.9. The maximum atomic E-state index is 12.9. The molecule has 1 saturated carbocycles. The molecule has 2 rings (SSSR count). The molecule has 0 radical (unpaired) electrons. The van der Waals surface area contributed by atoms with Gasteiger partial charge in [0.1, 0.15) is 5.78 Å². The van der Waals surface area contributed by atoms with Crippen LogP contribution in [0.25, 0.3) is 0 Å². The number of ketones is 1. The summed E-state index contributed by atoms with van der Waals surface area (Å²) in [5, 5.41) is -0.252. The second kappa shape index (κ2) is 4.41. The molecule has 1 aliphatic carbocycles. The lowest BCUT2D eigenvalue weighted by atomic mass is 10.3. The molecule has 1 aromatic rings. The Labute approximate surface area is 94.1 Å². The highest BCUT2D eigenvalue weighted by atomic mass is 32.2. The Bertz CT molecular complexity index is 459. The van der Waals surface area contributed by atoms with Crippen LogP contribution in [-0.2, 0) is 15.6 Å². The summed E-state index contributed by atoms with van der Waals surface area (Å²) in [5.41, 5.74) is 0. The number of carbonyl (C=O) groups is 1. The minimum absolute atomic E-state index is 0.0842. The highest BCUT2D eigenvalue weighted by molar-refractivity contribution is 7.85. The van der Waals surface area contributed by atoms with Crippen molar-refractivity contribution in [1.82, 2.24) is 0 Å². The summed E-state index contributed by atoms with van der Waals surface area (Å²) in [7, 11) is -1.43. The van der Waals surface area contributed by atoms with Crippen LogP contribution < -0.4 is 0 Å². The Morgan fingerprint density at radius 2 is 2.00 bits per heavy atom. The zero-order chi connectivity index (χ0) is 11.7. The van der Waals surface area contributed by atoms with E-state index in [1.165, 1.54) is 6.07 Å². The zero-order valence-electron chi connectivity index (χ0n) is 8.41. The van der Waals surface area contributed by atoms with Crippen LogP contribution in [0.3, 0.4) is 0 Å². The molecule has 0 amide bonds. The van der Waals surface area contributed by atoms with Gasteiger partial charge in [-0.05, 0) is 24.6 Å². The molecule has 0 saturated heterocycles.